The van der Waals surface area contributed by atoms with Gasteiger partial charge in [0.15, 0.2) is 0 Å². The van der Waals surface area contributed by atoms with Gasteiger partial charge >= 0.3 is 0 Å². The van der Waals surface area contributed by atoms with Gasteiger partial charge in [0, 0.05) is 12.1 Å². The third kappa shape index (κ3) is 1.98. The SMILES string of the molecule is CC.CN1CCC1(C)C. The van der Waals surface area contributed by atoms with E-state index >= 15 is 0 Å². The Balaban J connectivity index is 0.000000291. The van der Waals surface area contributed by atoms with E-state index in [1.165, 1.54) is 13.0 Å². The topological polar surface area (TPSA) is 3.24 Å². The van der Waals surface area contributed by atoms with Crippen LogP contribution >= 0.6 is 0 Å². The van der Waals surface area contributed by atoms with Crippen LogP contribution in [0.5, 0.6) is 0 Å². The molecule has 1 saturated heterocycles. The molecule has 0 spiro atoms. The van der Waals surface area contributed by atoms with Crippen LogP contribution in [0.3, 0.4) is 0 Å². The van der Waals surface area contributed by atoms with Crippen molar-refractivity contribution in [1.82, 2.24) is 4.90 Å². The standard InChI is InChI=1S/C6H13N.C2H6/c1-6(2)4-5-7(6)3;1-2/h4-5H2,1-3H3;1-2H3. The molecule has 1 fully saturated rings. The molecular weight excluding hydrogens is 110 g/mol. The molecule has 0 unspecified atom stereocenters. The van der Waals surface area contributed by atoms with Crippen molar-refractivity contribution in [2.75, 3.05) is 13.6 Å². The molecular formula is C8H19N. The van der Waals surface area contributed by atoms with Crippen LogP contribution < -0.4 is 0 Å². The first-order valence-electron chi connectivity index (χ1n) is 3.84. The van der Waals surface area contributed by atoms with E-state index in [2.05, 4.69) is 25.8 Å². The molecule has 1 aliphatic heterocycles. The molecule has 0 atom stereocenters. The first-order chi connectivity index (χ1) is 4.13. The Morgan fingerprint density at radius 2 is 1.56 bits per heavy atom. The maximum Gasteiger partial charge on any atom is 0.0162 e. The lowest BCUT2D eigenvalue weighted by molar-refractivity contribution is 0.0451. The van der Waals surface area contributed by atoms with Crippen LogP contribution in [0.4, 0.5) is 0 Å². The normalized spacial score (nSPS) is 23.7. The lowest BCUT2D eigenvalue weighted by Crippen LogP contribution is -2.52. The van der Waals surface area contributed by atoms with Crippen LogP contribution in [0.1, 0.15) is 34.1 Å². The van der Waals surface area contributed by atoms with Gasteiger partial charge in [-0.25, -0.2) is 0 Å². The molecule has 1 heterocycles. The second kappa shape index (κ2) is 3.21. The van der Waals surface area contributed by atoms with Gasteiger partial charge in [-0.3, -0.25) is 0 Å². The summed E-state index contributed by atoms with van der Waals surface area (Å²) in [4.78, 5) is 2.37. The fourth-order valence-corrected chi connectivity index (χ4v) is 0.783. The summed E-state index contributed by atoms with van der Waals surface area (Å²) in [6, 6.07) is 0. The zero-order valence-electron chi connectivity index (χ0n) is 7.36. The monoisotopic (exact) mass is 129 g/mol. The van der Waals surface area contributed by atoms with Crippen molar-refractivity contribution < 1.29 is 0 Å². The van der Waals surface area contributed by atoms with E-state index in [9.17, 15) is 0 Å². The van der Waals surface area contributed by atoms with Gasteiger partial charge in [0.2, 0.25) is 0 Å². The zero-order valence-corrected chi connectivity index (χ0v) is 7.36. The van der Waals surface area contributed by atoms with E-state index < -0.39 is 0 Å². The Hall–Kier alpha value is -0.0400. The Morgan fingerprint density at radius 1 is 1.22 bits per heavy atom. The van der Waals surface area contributed by atoms with E-state index in [1.807, 2.05) is 13.8 Å². The lowest BCUT2D eigenvalue weighted by atomic mass is 9.90. The maximum atomic E-state index is 2.37. The van der Waals surface area contributed by atoms with Gasteiger partial charge in [0.1, 0.15) is 0 Å². The molecule has 1 rings (SSSR count). The quantitative estimate of drug-likeness (QED) is 0.484. The van der Waals surface area contributed by atoms with Crippen LogP contribution in [0.25, 0.3) is 0 Å². The van der Waals surface area contributed by atoms with Crippen molar-refractivity contribution in [3.05, 3.63) is 0 Å². The number of likely N-dealkylation sites (tertiary alicyclic amines) is 1. The second-order valence-electron chi connectivity index (χ2n) is 2.98. The van der Waals surface area contributed by atoms with Crippen LogP contribution in [-0.2, 0) is 0 Å². The highest BCUT2D eigenvalue weighted by Crippen LogP contribution is 2.26. The van der Waals surface area contributed by atoms with Gasteiger partial charge in [-0.15, -0.1) is 0 Å². The van der Waals surface area contributed by atoms with Gasteiger partial charge in [-0.05, 0) is 27.3 Å². The van der Waals surface area contributed by atoms with Gasteiger partial charge in [0.05, 0.1) is 0 Å². The minimum Gasteiger partial charge on any atom is -0.301 e. The molecule has 1 nitrogen and oxygen atoms in total. The molecule has 0 aromatic carbocycles. The van der Waals surface area contributed by atoms with Crippen LogP contribution in [0.15, 0.2) is 0 Å². The predicted molar refractivity (Wildman–Crippen MR) is 42.7 cm³/mol. The fraction of sp³-hybridized carbons (Fsp3) is 1.00. The average molecular weight is 129 g/mol. The minimum atomic E-state index is 0.514. The maximum absolute atomic E-state index is 2.37. The molecule has 1 heteroatoms. The smallest absolute Gasteiger partial charge is 0.0162 e. The van der Waals surface area contributed by atoms with Crippen molar-refractivity contribution in [2.24, 2.45) is 0 Å². The Labute approximate surface area is 59.1 Å². The molecule has 0 radical (unpaired) electrons. The minimum absolute atomic E-state index is 0.514. The molecule has 0 aliphatic carbocycles. The summed E-state index contributed by atoms with van der Waals surface area (Å²) in [5, 5.41) is 0. The van der Waals surface area contributed by atoms with Gasteiger partial charge < -0.3 is 4.90 Å². The van der Waals surface area contributed by atoms with E-state index in [-0.39, 0.29) is 0 Å². The highest BCUT2D eigenvalue weighted by molar-refractivity contribution is 4.88. The average Bonchev–Trinajstić information content (AvgIpc) is 1.90. The Kier molecular flexibility index (Phi) is 3.20. The number of nitrogens with zero attached hydrogens (tertiary/aromatic N) is 1. The summed E-state index contributed by atoms with van der Waals surface area (Å²) < 4.78 is 0. The first-order valence-corrected chi connectivity index (χ1v) is 3.84. The highest BCUT2D eigenvalue weighted by atomic mass is 15.2. The molecule has 0 aromatic rings. The summed E-state index contributed by atoms with van der Waals surface area (Å²) in [5.41, 5.74) is 0.514. The van der Waals surface area contributed by atoms with Crippen LogP contribution in [0, 0.1) is 0 Å². The molecule has 9 heavy (non-hydrogen) atoms. The van der Waals surface area contributed by atoms with Crippen molar-refractivity contribution >= 4 is 0 Å². The van der Waals surface area contributed by atoms with Gasteiger partial charge in [0.25, 0.3) is 0 Å². The van der Waals surface area contributed by atoms with Crippen molar-refractivity contribution in [2.45, 2.75) is 39.7 Å². The lowest BCUT2D eigenvalue weighted by Gasteiger charge is -2.45. The largest absolute Gasteiger partial charge is 0.301 e. The summed E-state index contributed by atoms with van der Waals surface area (Å²) in [6.07, 6.45) is 1.36. The molecule has 0 aromatic heterocycles. The summed E-state index contributed by atoms with van der Waals surface area (Å²) in [7, 11) is 2.17. The number of rotatable bonds is 0. The number of hydrogen-bond donors (Lipinski definition) is 0. The second-order valence-corrected chi connectivity index (χ2v) is 2.98. The summed E-state index contributed by atoms with van der Waals surface area (Å²) >= 11 is 0. The van der Waals surface area contributed by atoms with E-state index in [4.69, 9.17) is 0 Å². The van der Waals surface area contributed by atoms with Crippen molar-refractivity contribution in [1.29, 1.82) is 0 Å². The molecule has 0 bridgehead atoms. The van der Waals surface area contributed by atoms with E-state index in [0.29, 0.717) is 5.54 Å². The molecule has 1 aliphatic rings. The third-order valence-electron chi connectivity index (χ3n) is 2.09. The Bertz CT molecular complexity index is 76.6. The predicted octanol–water partition coefficient (Wildman–Crippen LogP) is 2.13. The first kappa shape index (κ1) is 8.96. The van der Waals surface area contributed by atoms with Crippen LogP contribution in [0.2, 0.25) is 0 Å². The molecule has 0 N–H and O–H groups in total. The van der Waals surface area contributed by atoms with Gasteiger partial charge in [-0.2, -0.15) is 0 Å². The van der Waals surface area contributed by atoms with E-state index in [0.717, 1.165) is 0 Å². The summed E-state index contributed by atoms with van der Waals surface area (Å²) in [6.45, 7) is 9.83. The van der Waals surface area contributed by atoms with Crippen LogP contribution in [-0.4, -0.2) is 24.0 Å². The molecule has 0 saturated carbocycles. The van der Waals surface area contributed by atoms with E-state index in [1.54, 1.807) is 0 Å². The van der Waals surface area contributed by atoms with Gasteiger partial charge in [-0.1, -0.05) is 13.8 Å². The molecule has 0 amide bonds. The van der Waals surface area contributed by atoms with Crippen molar-refractivity contribution in [3.8, 4) is 0 Å². The Morgan fingerprint density at radius 3 is 1.56 bits per heavy atom. The molecule has 56 valence electrons. The number of hydrogen-bond acceptors (Lipinski definition) is 1. The highest BCUT2D eigenvalue weighted by Gasteiger charge is 2.31. The fourth-order valence-electron chi connectivity index (χ4n) is 0.783. The third-order valence-corrected chi connectivity index (χ3v) is 2.09. The van der Waals surface area contributed by atoms with Crippen molar-refractivity contribution in [3.63, 3.8) is 0 Å². The summed E-state index contributed by atoms with van der Waals surface area (Å²) in [5.74, 6) is 0. The zero-order chi connectivity index (χ0) is 7.49.